The average molecular weight is 415 g/mol. The van der Waals surface area contributed by atoms with Crippen molar-refractivity contribution in [3.8, 4) is 11.4 Å². The molecule has 3 aromatic rings. The first-order chi connectivity index (χ1) is 14.1. The van der Waals surface area contributed by atoms with Crippen LogP contribution < -0.4 is 10.6 Å². The third kappa shape index (κ3) is 4.65. The summed E-state index contributed by atoms with van der Waals surface area (Å²) in [6, 6.07) is 9.41. The fourth-order valence-electron chi connectivity index (χ4n) is 2.78. The van der Waals surface area contributed by atoms with Gasteiger partial charge in [0.1, 0.15) is 11.6 Å². The van der Waals surface area contributed by atoms with Crippen molar-refractivity contribution >= 4 is 23.7 Å². The molecule has 0 bridgehead atoms. The number of carbonyl (C=O) groups is 2. The number of carbonyl (C=O) groups excluding carboxylic acids is 2. The van der Waals surface area contributed by atoms with Crippen LogP contribution in [-0.4, -0.2) is 32.5 Å². The molecule has 0 atom stereocenters. The number of thioether (sulfide) groups is 1. The number of benzene rings is 1. The van der Waals surface area contributed by atoms with Gasteiger partial charge < -0.3 is 9.73 Å². The fraction of sp³-hybridized carbons (Fsp3) is 0.263. The van der Waals surface area contributed by atoms with E-state index in [-0.39, 0.29) is 24.2 Å². The molecule has 0 spiro atoms. The summed E-state index contributed by atoms with van der Waals surface area (Å²) < 4.78 is 21.2. The molecule has 1 aliphatic rings. The maximum Gasteiger partial charge on any atom is 0.321 e. The van der Waals surface area contributed by atoms with E-state index in [1.165, 1.54) is 12.3 Å². The molecule has 8 nitrogen and oxygen atoms in total. The molecule has 3 amide bonds. The Bertz CT molecular complexity index is 1020. The van der Waals surface area contributed by atoms with Crippen LogP contribution >= 0.6 is 11.8 Å². The van der Waals surface area contributed by atoms with E-state index in [1.807, 2.05) is 4.57 Å². The molecule has 4 rings (SSSR count). The molecule has 0 radical (unpaired) electrons. The third-order valence-electron chi connectivity index (χ3n) is 4.28. The van der Waals surface area contributed by atoms with Crippen molar-refractivity contribution in [3.05, 3.63) is 54.2 Å². The molecule has 2 N–H and O–H groups in total. The van der Waals surface area contributed by atoms with E-state index >= 15 is 0 Å². The highest BCUT2D eigenvalue weighted by atomic mass is 32.2. The summed E-state index contributed by atoms with van der Waals surface area (Å²) in [5.41, 5.74) is 0.375. The molecule has 150 valence electrons. The highest BCUT2D eigenvalue weighted by Crippen LogP contribution is 2.41. The fourth-order valence-corrected chi connectivity index (χ4v) is 3.59. The molecule has 2 aromatic heterocycles. The smallest absolute Gasteiger partial charge is 0.321 e. The standard InChI is InChI=1S/C19H18FN5O3S/c20-15-6-2-1-5-14(15)17-23-24-19(25(17)12-7-8-12)29-11-16(26)22-18(27)21-10-13-4-3-9-28-13/h1-6,9,12H,7-8,10-11H2,(H2,21,22,26,27). The van der Waals surface area contributed by atoms with Crippen molar-refractivity contribution in [2.24, 2.45) is 0 Å². The van der Waals surface area contributed by atoms with Gasteiger partial charge in [0.15, 0.2) is 11.0 Å². The molecule has 1 fully saturated rings. The van der Waals surface area contributed by atoms with E-state index < -0.39 is 11.9 Å². The molecular weight excluding hydrogens is 397 g/mol. The zero-order valence-electron chi connectivity index (χ0n) is 15.3. The van der Waals surface area contributed by atoms with Crippen LogP contribution in [0.3, 0.4) is 0 Å². The van der Waals surface area contributed by atoms with Crippen LogP contribution in [0.15, 0.2) is 52.2 Å². The van der Waals surface area contributed by atoms with Crippen molar-refractivity contribution in [1.29, 1.82) is 0 Å². The minimum atomic E-state index is -0.609. The minimum absolute atomic E-state index is 0.0176. The van der Waals surface area contributed by atoms with E-state index in [4.69, 9.17) is 4.42 Å². The lowest BCUT2D eigenvalue weighted by molar-refractivity contribution is -0.117. The molecule has 2 heterocycles. The van der Waals surface area contributed by atoms with Crippen LogP contribution in [0.1, 0.15) is 24.6 Å². The lowest BCUT2D eigenvalue weighted by Crippen LogP contribution is -2.39. The van der Waals surface area contributed by atoms with Crippen LogP contribution in [0.4, 0.5) is 9.18 Å². The van der Waals surface area contributed by atoms with Gasteiger partial charge in [0.25, 0.3) is 0 Å². The maximum absolute atomic E-state index is 14.2. The van der Waals surface area contributed by atoms with Gasteiger partial charge in [-0.3, -0.25) is 14.7 Å². The van der Waals surface area contributed by atoms with Crippen LogP contribution in [0.5, 0.6) is 0 Å². The minimum Gasteiger partial charge on any atom is -0.467 e. The van der Waals surface area contributed by atoms with Crippen LogP contribution in [-0.2, 0) is 11.3 Å². The second-order valence-corrected chi connectivity index (χ2v) is 7.43. The van der Waals surface area contributed by atoms with Crippen molar-refractivity contribution in [1.82, 2.24) is 25.4 Å². The second-order valence-electron chi connectivity index (χ2n) is 6.49. The quantitative estimate of drug-likeness (QED) is 0.575. The number of urea groups is 1. The van der Waals surface area contributed by atoms with E-state index in [2.05, 4.69) is 20.8 Å². The van der Waals surface area contributed by atoms with Gasteiger partial charge in [0.05, 0.1) is 24.1 Å². The van der Waals surface area contributed by atoms with E-state index in [0.717, 1.165) is 24.6 Å². The summed E-state index contributed by atoms with van der Waals surface area (Å²) in [7, 11) is 0. The molecule has 0 saturated heterocycles. The van der Waals surface area contributed by atoms with Crippen LogP contribution in [0, 0.1) is 5.82 Å². The number of nitrogens with one attached hydrogen (secondary N) is 2. The van der Waals surface area contributed by atoms with Crippen molar-refractivity contribution in [2.75, 3.05) is 5.75 Å². The first-order valence-electron chi connectivity index (χ1n) is 9.04. The number of halogens is 1. The van der Waals surface area contributed by atoms with Gasteiger partial charge in [-0.2, -0.15) is 0 Å². The van der Waals surface area contributed by atoms with Gasteiger partial charge in [-0.25, -0.2) is 9.18 Å². The summed E-state index contributed by atoms with van der Waals surface area (Å²) in [4.78, 5) is 23.9. The van der Waals surface area contributed by atoms with Gasteiger partial charge in [-0.05, 0) is 37.1 Å². The Hall–Kier alpha value is -3.14. The second kappa shape index (κ2) is 8.48. The Labute approximate surface area is 169 Å². The van der Waals surface area contributed by atoms with Crippen molar-refractivity contribution in [3.63, 3.8) is 0 Å². The number of furan rings is 1. The average Bonchev–Trinajstić information content (AvgIpc) is 3.24. The molecule has 29 heavy (non-hydrogen) atoms. The lowest BCUT2D eigenvalue weighted by Gasteiger charge is -2.09. The number of amides is 3. The number of rotatable bonds is 7. The molecule has 0 aliphatic heterocycles. The summed E-state index contributed by atoms with van der Waals surface area (Å²) in [5.74, 6) is 0.176. The van der Waals surface area contributed by atoms with E-state index in [9.17, 15) is 14.0 Å². The van der Waals surface area contributed by atoms with Crippen LogP contribution in [0.25, 0.3) is 11.4 Å². The molecular formula is C19H18FN5O3S. The predicted octanol–water partition coefficient (Wildman–Crippen LogP) is 3.13. The van der Waals surface area contributed by atoms with Crippen LogP contribution in [0.2, 0.25) is 0 Å². The number of nitrogens with zero attached hydrogens (tertiary/aromatic N) is 3. The van der Waals surface area contributed by atoms with Gasteiger partial charge >= 0.3 is 6.03 Å². The van der Waals surface area contributed by atoms with Gasteiger partial charge in [0.2, 0.25) is 5.91 Å². The Morgan fingerprint density at radius 3 is 2.76 bits per heavy atom. The highest BCUT2D eigenvalue weighted by Gasteiger charge is 2.31. The Morgan fingerprint density at radius 2 is 2.03 bits per heavy atom. The summed E-state index contributed by atoms with van der Waals surface area (Å²) in [6.07, 6.45) is 3.41. The van der Waals surface area contributed by atoms with Crippen molar-refractivity contribution in [2.45, 2.75) is 30.6 Å². The van der Waals surface area contributed by atoms with Gasteiger partial charge in [-0.15, -0.1) is 10.2 Å². The van der Waals surface area contributed by atoms with Gasteiger partial charge in [-0.1, -0.05) is 23.9 Å². The van der Waals surface area contributed by atoms with Crippen molar-refractivity contribution < 1.29 is 18.4 Å². The zero-order valence-corrected chi connectivity index (χ0v) is 16.1. The number of hydrogen-bond donors (Lipinski definition) is 2. The largest absolute Gasteiger partial charge is 0.467 e. The predicted molar refractivity (Wildman–Crippen MR) is 103 cm³/mol. The SMILES string of the molecule is O=C(CSc1nnc(-c2ccccc2F)n1C1CC1)NC(=O)NCc1ccco1. The normalized spacial score (nSPS) is 13.3. The Kier molecular flexibility index (Phi) is 5.61. The first kappa shape index (κ1) is 19.2. The highest BCUT2D eigenvalue weighted by molar-refractivity contribution is 7.99. The molecule has 10 heteroatoms. The topological polar surface area (TPSA) is 102 Å². The first-order valence-corrected chi connectivity index (χ1v) is 10.0. The summed E-state index contributed by atoms with van der Waals surface area (Å²) in [5, 5.41) is 13.6. The molecule has 1 aromatic carbocycles. The van der Waals surface area contributed by atoms with E-state index in [0.29, 0.717) is 22.3 Å². The third-order valence-corrected chi connectivity index (χ3v) is 5.22. The number of imide groups is 1. The molecule has 0 unspecified atom stereocenters. The zero-order chi connectivity index (χ0) is 20.2. The Morgan fingerprint density at radius 1 is 1.21 bits per heavy atom. The Balaban J connectivity index is 1.36. The van der Waals surface area contributed by atoms with Gasteiger partial charge in [0, 0.05) is 6.04 Å². The lowest BCUT2D eigenvalue weighted by atomic mass is 10.2. The summed E-state index contributed by atoms with van der Waals surface area (Å²) in [6.45, 7) is 0.182. The molecule has 1 aliphatic carbocycles. The number of hydrogen-bond acceptors (Lipinski definition) is 6. The maximum atomic E-state index is 14.2. The monoisotopic (exact) mass is 415 g/mol. The number of aromatic nitrogens is 3. The molecule has 1 saturated carbocycles. The summed E-state index contributed by atoms with van der Waals surface area (Å²) >= 11 is 1.16. The van der Waals surface area contributed by atoms with E-state index in [1.54, 1.807) is 30.3 Å².